The highest BCUT2D eigenvalue weighted by Crippen LogP contribution is 2.52. The summed E-state index contributed by atoms with van der Waals surface area (Å²) < 4.78 is 0. The third kappa shape index (κ3) is 3.69. The van der Waals surface area contributed by atoms with E-state index in [0.29, 0.717) is 24.1 Å². The minimum absolute atomic E-state index is 0.0854. The van der Waals surface area contributed by atoms with Crippen molar-refractivity contribution < 1.29 is 34.8 Å². The lowest BCUT2D eigenvalue weighted by Crippen LogP contribution is -2.65. The Labute approximate surface area is 214 Å². The molecule has 0 spiro atoms. The van der Waals surface area contributed by atoms with Gasteiger partial charge in [-0.05, 0) is 64.3 Å². The molecule has 2 fully saturated rings. The first-order valence-corrected chi connectivity index (χ1v) is 12.7. The number of aliphatic hydroxyl groups is 3. The fourth-order valence-corrected chi connectivity index (χ4v) is 6.75. The monoisotopic (exact) mass is 511 g/mol. The van der Waals surface area contributed by atoms with Crippen LogP contribution < -0.4 is 5.73 Å². The standard InChI is InChI=1S/C27H33N3O7/c1-29(2)20-16-11-15-10-13-6-7-14(12-30-8-4-3-5-9-30)21(31)17(13)22(32)18(15)24(34)27(16,37)25(35)19(23(20)33)26(28)36/h6-7,15-16,20,31-32,35,37H,3-5,8-12H2,1-2H3,(H2,28,36)/t15-,16-,20-,27-/m0/s1. The average Bonchev–Trinajstić information content (AvgIpc) is 2.83. The predicted octanol–water partition coefficient (Wildman–Crippen LogP) is 0.950. The Bertz CT molecular complexity index is 1260. The van der Waals surface area contributed by atoms with E-state index < -0.39 is 58.0 Å². The fourth-order valence-electron chi connectivity index (χ4n) is 6.75. The molecule has 0 radical (unpaired) electrons. The molecule has 1 aliphatic heterocycles. The van der Waals surface area contributed by atoms with Gasteiger partial charge in [-0.3, -0.25) is 24.2 Å². The number of primary amides is 1. The van der Waals surface area contributed by atoms with E-state index in [0.717, 1.165) is 25.9 Å². The highest BCUT2D eigenvalue weighted by Gasteiger charge is 2.64. The normalized spacial score (nSPS) is 30.3. The number of Topliss-reactive ketones (excluding diaryl/α,β-unsaturated/α-hetero) is 2. The Morgan fingerprint density at radius 2 is 1.81 bits per heavy atom. The molecule has 6 N–H and O–H groups in total. The lowest BCUT2D eigenvalue weighted by molar-refractivity contribution is -0.153. The molecule has 5 rings (SSSR count). The zero-order valence-corrected chi connectivity index (χ0v) is 21.0. The zero-order chi connectivity index (χ0) is 26.8. The number of nitrogens with zero attached hydrogens (tertiary/aromatic N) is 2. The van der Waals surface area contributed by atoms with Gasteiger partial charge in [0.1, 0.15) is 22.8 Å². The second-order valence-electron chi connectivity index (χ2n) is 10.9. The zero-order valence-electron chi connectivity index (χ0n) is 21.0. The van der Waals surface area contributed by atoms with Gasteiger partial charge in [0, 0.05) is 23.6 Å². The highest BCUT2D eigenvalue weighted by atomic mass is 16.3. The molecule has 1 saturated carbocycles. The number of ketones is 2. The van der Waals surface area contributed by atoms with E-state index in [4.69, 9.17) is 5.73 Å². The molecule has 37 heavy (non-hydrogen) atoms. The number of amides is 1. The number of phenols is 1. The number of benzene rings is 1. The van der Waals surface area contributed by atoms with Crippen molar-refractivity contribution in [3.8, 4) is 5.75 Å². The summed E-state index contributed by atoms with van der Waals surface area (Å²) >= 11 is 0. The molecule has 0 bridgehead atoms. The van der Waals surface area contributed by atoms with Gasteiger partial charge in [0.15, 0.2) is 11.4 Å². The number of nitrogens with two attached hydrogens (primary N) is 1. The van der Waals surface area contributed by atoms with E-state index in [9.17, 15) is 34.8 Å². The maximum absolute atomic E-state index is 13.9. The van der Waals surface area contributed by atoms with E-state index in [1.165, 1.54) is 11.3 Å². The average molecular weight is 512 g/mol. The number of piperidine rings is 1. The lowest BCUT2D eigenvalue weighted by atomic mass is 9.57. The maximum Gasteiger partial charge on any atom is 0.255 e. The summed E-state index contributed by atoms with van der Waals surface area (Å²) in [5, 5.41) is 45.1. The van der Waals surface area contributed by atoms with Crippen molar-refractivity contribution >= 4 is 23.2 Å². The summed E-state index contributed by atoms with van der Waals surface area (Å²) in [6.45, 7) is 2.33. The molecule has 1 aromatic carbocycles. The van der Waals surface area contributed by atoms with Crippen molar-refractivity contribution in [2.75, 3.05) is 27.2 Å². The van der Waals surface area contributed by atoms with Crippen LogP contribution in [0.1, 0.15) is 42.4 Å². The minimum Gasteiger partial charge on any atom is -0.508 e. The molecule has 1 aromatic rings. The van der Waals surface area contributed by atoms with Gasteiger partial charge in [-0.2, -0.15) is 0 Å². The number of phenolic OH excluding ortho intramolecular Hbond substituents is 1. The van der Waals surface area contributed by atoms with Gasteiger partial charge in [-0.15, -0.1) is 0 Å². The Morgan fingerprint density at radius 1 is 1.14 bits per heavy atom. The number of aliphatic hydroxyl groups excluding tert-OH is 2. The molecule has 4 aliphatic rings. The predicted molar refractivity (Wildman–Crippen MR) is 133 cm³/mol. The lowest BCUT2D eigenvalue weighted by Gasteiger charge is -2.50. The summed E-state index contributed by atoms with van der Waals surface area (Å²) in [6.07, 6.45) is 3.72. The largest absolute Gasteiger partial charge is 0.508 e. The minimum atomic E-state index is -2.62. The first-order valence-electron chi connectivity index (χ1n) is 12.7. The molecule has 1 saturated heterocycles. The van der Waals surface area contributed by atoms with Crippen LogP contribution in [0.15, 0.2) is 29.0 Å². The van der Waals surface area contributed by atoms with Gasteiger partial charge in [0.25, 0.3) is 5.91 Å². The first-order chi connectivity index (χ1) is 17.5. The van der Waals surface area contributed by atoms with Crippen LogP contribution in [0.4, 0.5) is 0 Å². The molecule has 1 heterocycles. The smallest absolute Gasteiger partial charge is 0.255 e. The van der Waals surface area contributed by atoms with Crippen LogP contribution >= 0.6 is 0 Å². The third-order valence-electron chi connectivity index (χ3n) is 8.52. The van der Waals surface area contributed by atoms with E-state index in [1.54, 1.807) is 14.1 Å². The van der Waals surface area contributed by atoms with Crippen LogP contribution in [-0.2, 0) is 27.3 Å². The Balaban J connectivity index is 1.62. The van der Waals surface area contributed by atoms with E-state index >= 15 is 0 Å². The molecule has 0 unspecified atom stereocenters. The number of hydrogen-bond donors (Lipinski definition) is 5. The van der Waals surface area contributed by atoms with Crippen molar-refractivity contribution in [2.24, 2.45) is 17.6 Å². The second kappa shape index (κ2) is 8.97. The van der Waals surface area contributed by atoms with E-state index in [2.05, 4.69) is 4.90 Å². The van der Waals surface area contributed by atoms with Gasteiger partial charge in [0.2, 0.25) is 5.78 Å². The summed E-state index contributed by atoms with van der Waals surface area (Å²) in [7, 11) is 3.16. The maximum atomic E-state index is 13.9. The molecule has 198 valence electrons. The third-order valence-corrected chi connectivity index (χ3v) is 8.52. The Kier molecular flexibility index (Phi) is 6.17. The van der Waals surface area contributed by atoms with Gasteiger partial charge < -0.3 is 26.2 Å². The van der Waals surface area contributed by atoms with Crippen molar-refractivity contribution in [2.45, 2.75) is 50.3 Å². The van der Waals surface area contributed by atoms with Crippen LogP contribution in [-0.4, -0.2) is 86.5 Å². The number of carbonyl (C=O) groups is 3. The summed E-state index contributed by atoms with van der Waals surface area (Å²) in [4.78, 5) is 42.8. The number of hydrogen-bond acceptors (Lipinski definition) is 9. The molecule has 1 amide bonds. The molecular weight excluding hydrogens is 478 g/mol. The van der Waals surface area contributed by atoms with E-state index in [1.807, 2.05) is 12.1 Å². The van der Waals surface area contributed by atoms with Gasteiger partial charge in [-0.25, -0.2) is 0 Å². The summed E-state index contributed by atoms with van der Waals surface area (Å²) in [5.74, 6) is -6.27. The fraction of sp³-hybridized carbons (Fsp3) is 0.519. The van der Waals surface area contributed by atoms with E-state index in [-0.39, 0.29) is 23.3 Å². The Morgan fingerprint density at radius 3 is 2.43 bits per heavy atom. The van der Waals surface area contributed by atoms with Crippen molar-refractivity contribution in [3.05, 3.63) is 45.7 Å². The van der Waals surface area contributed by atoms with Gasteiger partial charge >= 0.3 is 0 Å². The highest BCUT2D eigenvalue weighted by molar-refractivity contribution is 6.24. The first kappa shape index (κ1) is 25.4. The van der Waals surface area contributed by atoms with Crippen LogP contribution in [0.2, 0.25) is 0 Å². The van der Waals surface area contributed by atoms with Crippen LogP contribution in [0, 0.1) is 11.8 Å². The number of rotatable bonds is 4. The molecule has 3 aliphatic carbocycles. The van der Waals surface area contributed by atoms with Crippen LogP contribution in [0.3, 0.4) is 0 Å². The van der Waals surface area contributed by atoms with Crippen molar-refractivity contribution in [1.29, 1.82) is 0 Å². The topological polar surface area (TPSA) is 165 Å². The number of likely N-dealkylation sites (N-methyl/N-ethyl adjacent to an activating group) is 1. The Hall–Kier alpha value is -3.21. The van der Waals surface area contributed by atoms with Crippen molar-refractivity contribution in [1.82, 2.24) is 9.80 Å². The second-order valence-corrected chi connectivity index (χ2v) is 10.9. The van der Waals surface area contributed by atoms with Gasteiger partial charge in [0.05, 0.1) is 11.6 Å². The molecule has 4 atom stereocenters. The number of aromatic hydroxyl groups is 1. The number of carbonyl (C=O) groups excluding carboxylic acids is 3. The summed E-state index contributed by atoms with van der Waals surface area (Å²) in [6, 6.07) is 2.59. The van der Waals surface area contributed by atoms with Gasteiger partial charge in [-0.1, -0.05) is 18.6 Å². The van der Waals surface area contributed by atoms with Crippen LogP contribution in [0.25, 0.3) is 5.76 Å². The van der Waals surface area contributed by atoms with Crippen molar-refractivity contribution in [3.63, 3.8) is 0 Å². The molecular formula is C27H33N3O7. The summed E-state index contributed by atoms with van der Waals surface area (Å²) in [5.41, 5.74) is 3.22. The molecule has 10 heteroatoms. The number of fused-ring (bicyclic) bond motifs is 3. The quantitative estimate of drug-likeness (QED) is 0.370. The number of likely N-dealkylation sites (tertiary alicyclic amines) is 1. The van der Waals surface area contributed by atoms with Crippen LogP contribution in [0.5, 0.6) is 5.75 Å². The molecule has 0 aromatic heterocycles. The molecule has 10 nitrogen and oxygen atoms in total. The SMILES string of the molecule is CN(C)[C@@H]1C(=O)C(C(N)=O)=C(O)[C@@]2(O)C(=O)C3=C(O)c4c(ccc(CN5CCCCC5)c4O)C[C@H]3C[C@@H]12.